The van der Waals surface area contributed by atoms with Gasteiger partial charge in [-0.2, -0.15) is 14.6 Å². The number of aryl methyl sites for hydroxylation is 1. The molecule has 0 saturated heterocycles. The van der Waals surface area contributed by atoms with Crippen LogP contribution in [0.5, 0.6) is 11.5 Å². The summed E-state index contributed by atoms with van der Waals surface area (Å²) >= 11 is 6.08. The number of benzene rings is 2. The molecule has 0 radical (unpaired) electrons. The molecule has 4 aromatic rings. The predicted octanol–water partition coefficient (Wildman–Crippen LogP) is 5.35. The van der Waals surface area contributed by atoms with Gasteiger partial charge >= 0.3 is 0 Å². The molecule has 0 amide bonds. The third-order valence-electron chi connectivity index (χ3n) is 4.51. The van der Waals surface area contributed by atoms with Crippen LogP contribution in [0.25, 0.3) is 16.9 Å². The van der Waals surface area contributed by atoms with E-state index in [0.29, 0.717) is 24.6 Å². The van der Waals surface area contributed by atoms with Crippen molar-refractivity contribution in [3.63, 3.8) is 0 Å². The molecule has 0 aliphatic heterocycles. The number of rotatable bonds is 8. The summed E-state index contributed by atoms with van der Waals surface area (Å²) in [6, 6.07) is 17.6. The fourth-order valence-corrected chi connectivity index (χ4v) is 3.35. The Hall–Kier alpha value is -3.38. The van der Waals surface area contributed by atoms with Crippen LogP contribution in [0.4, 0.5) is 5.82 Å². The Kier molecular flexibility index (Phi) is 5.95. The van der Waals surface area contributed by atoms with Crippen LogP contribution < -0.4 is 10.1 Å². The average Bonchev–Trinajstić information content (AvgIpc) is 3.22. The van der Waals surface area contributed by atoms with Crippen LogP contribution in [0.1, 0.15) is 12.6 Å². The number of halogens is 1. The fraction of sp³-hybridized carbons (Fsp3) is 0.174. The minimum absolute atomic E-state index is 0.458. The van der Waals surface area contributed by atoms with Gasteiger partial charge < -0.3 is 10.1 Å². The highest BCUT2D eigenvalue weighted by Gasteiger charge is 2.18. The molecule has 2 heterocycles. The van der Waals surface area contributed by atoms with E-state index < -0.39 is 0 Å². The van der Waals surface area contributed by atoms with E-state index in [9.17, 15) is 0 Å². The highest BCUT2D eigenvalue weighted by Crippen LogP contribution is 2.33. The van der Waals surface area contributed by atoms with Crippen molar-refractivity contribution in [2.75, 3.05) is 17.7 Å². The van der Waals surface area contributed by atoms with Crippen molar-refractivity contribution in [3.8, 4) is 22.6 Å². The highest BCUT2D eigenvalue weighted by atomic mass is 35.5. The molecule has 0 aliphatic rings. The molecule has 6 nitrogen and oxygen atoms in total. The van der Waals surface area contributed by atoms with E-state index in [1.165, 1.54) is 6.33 Å². The molecule has 0 unspecified atom stereocenters. The monoisotopic (exact) mass is 419 g/mol. The zero-order valence-corrected chi connectivity index (χ0v) is 17.4. The molecule has 0 saturated carbocycles. The Balaban J connectivity index is 1.76. The molecule has 152 valence electrons. The lowest BCUT2D eigenvalue weighted by Gasteiger charge is -2.17. The number of hydrogen-bond donors (Lipinski definition) is 1. The Morgan fingerprint density at radius 3 is 2.53 bits per heavy atom. The van der Waals surface area contributed by atoms with Crippen LogP contribution in [-0.4, -0.2) is 32.0 Å². The summed E-state index contributed by atoms with van der Waals surface area (Å²) < 4.78 is 7.64. The molecule has 2 aromatic carbocycles. The van der Waals surface area contributed by atoms with Crippen molar-refractivity contribution >= 4 is 23.2 Å². The second-order valence-corrected chi connectivity index (χ2v) is 7.32. The van der Waals surface area contributed by atoms with Gasteiger partial charge in [-0.1, -0.05) is 42.5 Å². The topological polar surface area (TPSA) is 64.3 Å². The number of ether oxygens (including phenoxy) is 1. The Morgan fingerprint density at radius 2 is 1.83 bits per heavy atom. The van der Waals surface area contributed by atoms with Gasteiger partial charge in [0.05, 0.1) is 5.69 Å². The van der Waals surface area contributed by atoms with Crippen molar-refractivity contribution in [3.05, 3.63) is 78.8 Å². The second kappa shape index (κ2) is 8.97. The van der Waals surface area contributed by atoms with Crippen molar-refractivity contribution in [1.82, 2.24) is 19.6 Å². The number of alkyl halides is 1. The number of fused-ring (bicyclic) bond motifs is 1. The zero-order valence-electron chi connectivity index (χ0n) is 16.7. The largest absolute Gasteiger partial charge is 0.457 e. The van der Waals surface area contributed by atoms with Gasteiger partial charge in [-0.3, -0.25) is 0 Å². The summed E-state index contributed by atoms with van der Waals surface area (Å²) in [6.07, 6.45) is 2.11. The summed E-state index contributed by atoms with van der Waals surface area (Å²) in [5.41, 5.74) is 3.81. The summed E-state index contributed by atoms with van der Waals surface area (Å²) in [5, 5.41) is 7.79. The van der Waals surface area contributed by atoms with E-state index in [1.54, 1.807) is 4.52 Å². The smallest absolute Gasteiger partial charge is 0.254 e. The lowest BCUT2D eigenvalue weighted by atomic mass is 10.0. The highest BCUT2D eigenvalue weighted by molar-refractivity contribution is 6.18. The Labute approximate surface area is 180 Å². The van der Waals surface area contributed by atoms with E-state index >= 15 is 0 Å². The van der Waals surface area contributed by atoms with Crippen molar-refractivity contribution < 1.29 is 4.74 Å². The van der Waals surface area contributed by atoms with Crippen LogP contribution in [0.15, 0.2) is 73.1 Å². The van der Waals surface area contributed by atoms with Crippen molar-refractivity contribution in [2.24, 2.45) is 0 Å². The second-order valence-electron chi connectivity index (χ2n) is 6.94. The Bertz CT molecular complexity index is 1160. The van der Waals surface area contributed by atoms with Crippen molar-refractivity contribution in [1.29, 1.82) is 0 Å². The van der Waals surface area contributed by atoms with Gasteiger partial charge in [-0.25, -0.2) is 4.98 Å². The van der Waals surface area contributed by atoms with E-state index in [-0.39, 0.29) is 0 Å². The summed E-state index contributed by atoms with van der Waals surface area (Å²) in [5.74, 6) is 3.36. The SMILES string of the molecule is C=C(C)CNc1c(-c2ccc(Oc3ccccc3)cc2)c(CCCl)nc2ncnn12. The molecule has 2 aromatic heterocycles. The van der Waals surface area contributed by atoms with Gasteiger partial charge in [0.2, 0.25) is 0 Å². The van der Waals surface area contributed by atoms with Gasteiger partial charge in [-0.05, 0) is 36.8 Å². The van der Waals surface area contributed by atoms with Gasteiger partial charge in [0.15, 0.2) is 0 Å². The molecule has 0 bridgehead atoms. The summed E-state index contributed by atoms with van der Waals surface area (Å²) in [7, 11) is 0. The quantitative estimate of drug-likeness (QED) is 0.308. The number of nitrogens with one attached hydrogen (secondary N) is 1. The van der Waals surface area contributed by atoms with Crippen molar-refractivity contribution in [2.45, 2.75) is 13.3 Å². The summed E-state index contributed by atoms with van der Waals surface area (Å²) in [6.45, 7) is 6.58. The molecule has 0 spiro atoms. The third-order valence-corrected chi connectivity index (χ3v) is 4.70. The van der Waals surface area contributed by atoms with Gasteiger partial charge in [0.25, 0.3) is 5.78 Å². The first kappa shape index (κ1) is 19.9. The van der Waals surface area contributed by atoms with Crippen LogP contribution in [-0.2, 0) is 6.42 Å². The molecular weight excluding hydrogens is 398 g/mol. The first-order chi connectivity index (χ1) is 14.7. The normalized spacial score (nSPS) is 10.9. The molecule has 0 aliphatic carbocycles. The molecule has 0 fully saturated rings. The van der Waals surface area contributed by atoms with Crippen LogP contribution >= 0.6 is 11.6 Å². The van der Waals surface area contributed by atoms with E-state index in [0.717, 1.165) is 39.7 Å². The standard InChI is InChI=1S/C23H22ClN5O/c1-16(2)14-25-22-21(20(12-13-24)28-23-26-15-27-29(22)23)17-8-10-19(11-9-17)30-18-6-4-3-5-7-18/h3-11,15,25H,1,12-14H2,2H3. The van der Waals surface area contributed by atoms with Gasteiger partial charge in [-0.15, -0.1) is 11.6 Å². The molecular formula is C23H22ClN5O. The predicted molar refractivity (Wildman–Crippen MR) is 120 cm³/mol. The molecule has 0 atom stereocenters. The number of para-hydroxylation sites is 1. The molecule has 1 N–H and O–H groups in total. The molecule has 4 rings (SSSR count). The minimum atomic E-state index is 0.458. The maximum atomic E-state index is 6.08. The van der Waals surface area contributed by atoms with Gasteiger partial charge in [0, 0.05) is 24.4 Å². The number of hydrogen-bond acceptors (Lipinski definition) is 5. The zero-order chi connectivity index (χ0) is 20.9. The molecule has 30 heavy (non-hydrogen) atoms. The number of anilines is 1. The van der Waals surface area contributed by atoms with Crippen LogP contribution in [0.3, 0.4) is 0 Å². The molecule has 7 heteroatoms. The lowest BCUT2D eigenvalue weighted by molar-refractivity contribution is 0.483. The first-order valence-corrected chi connectivity index (χ1v) is 10.2. The van der Waals surface area contributed by atoms with Crippen LogP contribution in [0, 0.1) is 0 Å². The fourth-order valence-electron chi connectivity index (χ4n) is 3.17. The van der Waals surface area contributed by atoms with Gasteiger partial charge in [0.1, 0.15) is 23.6 Å². The maximum absolute atomic E-state index is 6.08. The number of nitrogens with zero attached hydrogens (tertiary/aromatic N) is 4. The van der Waals surface area contributed by atoms with E-state index in [4.69, 9.17) is 21.3 Å². The van der Waals surface area contributed by atoms with E-state index in [2.05, 4.69) is 22.0 Å². The van der Waals surface area contributed by atoms with E-state index in [1.807, 2.05) is 61.5 Å². The van der Waals surface area contributed by atoms with Crippen LogP contribution in [0.2, 0.25) is 0 Å². The minimum Gasteiger partial charge on any atom is -0.457 e. The average molecular weight is 420 g/mol. The Morgan fingerprint density at radius 1 is 1.10 bits per heavy atom. The third kappa shape index (κ3) is 4.28. The number of aromatic nitrogens is 4. The summed E-state index contributed by atoms with van der Waals surface area (Å²) in [4.78, 5) is 8.95. The maximum Gasteiger partial charge on any atom is 0.254 e. The lowest BCUT2D eigenvalue weighted by Crippen LogP contribution is -2.12. The first-order valence-electron chi connectivity index (χ1n) is 9.66.